The molecule has 0 atom stereocenters. The topological polar surface area (TPSA) is 89.3 Å². The van der Waals surface area contributed by atoms with Crippen molar-refractivity contribution in [2.75, 3.05) is 11.5 Å². The highest BCUT2D eigenvalue weighted by Crippen LogP contribution is 2.21. The van der Waals surface area contributed by atoms with Crippen LogP contribution in [0.4, 0.5) is 5.69 Å². The molecule has 0 heterocycles. The van der Waals surface area contributed by atoms with Gasteiger partial charge in [-0.25, -0.2) is 8.42 Å². The molecule has 0 radical (unpaired) electrons. The Morgan fingerprint density at radius 3 is 2.42 bits per heavy atom. The van der Waals surface area contributed by atoms with Gasteiger partial charge in [-0.3, -0.25) is 4.79 Å². The van der Waals surface area contributed by atoms with E-state index in [2.05, 4.69) is 5.32 Å². The lowest BCUT2D eigenvalue weighted by molar-refractivity contribution is -0.120. The third kappa shape index (κ3) is 4.24. The van der Waals surface area contributed by atoms with Gasteiger partial charge in [0, 0.05) is 11.2 Å². The Kier molecular flexibility index (Phi) is 4.25. The minimum absolute atomic E-state index is 0.108. The fourth-order valence-corrected chi connectivity index (χ4v) is 3.12. The zero-order valence-corrected chi connectivity index (χ0v) is 12.5. The summed E-state index contributed by atoms with van der Waals surface area (Å²) in [5.41, 5.74) is 6.10. The van der Waals surface area contributed by atoms with Crippen LogP contribution in [-0.2, 0) is 14.6 Å². The van der Waals surface area contributed by atoms with Gasteiger partial charge in [-0.2, -0.15) is 0 Å². The van der Waals surface area contributed by atoms with Crippen molar-refractivity contribution in [3.63, 3.8) is 0 Å². The fraction of sp³-hybridized carbons (Fsp3) is 0.462. The summed E-state index contributed by atoms with van der Waals surface area (Å²) in [5.74, 6) is -1.09. The van der Waals surface area contributed by atoms with Crippen LogP contribution in [-0.4, -0.2) is 25.6 Å². The smallest absolute Gasteiger partial charge is 0.235 e. The monoisotopic (exact) mass is 284 g/mol. The number of hydrogen-bond acceptors (Lipinski definition) is 4. The third-order valence-electron chi connectivity index (χ3n) is 2.50. The Balaban J connectivity index is 3.00. The Bertz CT molecular complexity index is 586. The number of carbonyl (C=O) groups is 1. The molecule has 5 nitrogen and oxygen atoms in total. The van der Waals surface area contributed by atoms with Crippen LogP contribution in [0.5, 0.6) is 0 Å². The molecule has 0 aliphatic rings. The molecular formula is C13H20N2O3S. The van der Waals surface area contributed by atoms with Crippen molar-refractivity contribution < 1.29 is 13.2 Å². The maximum absolute atomic E-state index is 12.2. The molecule has 0 aliphatic carbocycles. The van der Waals surface area contributed by atoms with E-state index in [1.54, 1.807) is 39.8 Å². The number of sulfone groups is 1. The van der Waals surface area contributed by atoms with E-state index in [1.165, 1.54) is 6.07 Å². The van der Waals surface area contributed by atoms with Crippen LogP contribution in [0.1, 0.15) is 26.3 Å². The number of amides is 1. The summed E-state index contributed by atoms with van der Waals surface area (Å²) < 4.78 is 24.4. The molecule has 6 heteroatoms. The lowest BCUT2D eigenvalue weighted by Gasteiger charge is -2.20. The molecule has 0 aliphatic heterocycles. The normalized spacial score (nSPS) is 12.2. The zero-order chi connectivity index (χ0) is 14.8. The summed E-state index contributed by atoms with van der Waals surface area (Å²) in [4.78, 5) is 11.8. The molecule has 3 N–H and O–H groups in total. The first kappa shape index (κ1) is 15.5. The van der Waals surface area contributed by atoms with E-state index in [0.29, 0.717) is 11.3 Å². The number of nitrogen functional groups attached to an aromatic ring is 1. The second-order valence-corrected chi connectivity index (χ2v) is 7.49. The van der Waals surface area contributed by atoms with Gasteiger partial charge in [0.25, 0.3) is 0 Å². The summed E-state index contributed by atoms with van der Waals surface area (Å²) in [6.45, 7) is 7.01. The SMILES string of the molecule is Cc1c(N)cccc1S(=O)(=O)CC(=O)NC(C)(C)C. The average molecular weight is 284 g/mol. The van der Waals surface area contributed by atoms with Crippen LogP contribution in [0.15, 0.2) is 23.1 Å². The molecule has 0 unspecified atom stereocenters. The van der Waals surface area contributed by atoms with Gasteiger partial charge in [0.15, 0.2) is 9.84 Å². The number of anilines is 1. The molecule has 1 aromatic carbocycles. The average Bonchev–Trinajstić information content (AvgIpc) is 2.17. The molecule has 1 amide bonds. The standard InChI is InChI=1S/C13H20N2O3S/c1-9-10(14)6-5-7-11(9)19(17,18)8-12(16)15-13(2,3)4/h5-7H,8,14H2,1-4H3,(H,15,16). The first-order valence-electron chi connectivity index (χ1n) is 5.92. The highest BCUT2D eigenvalue weighted by Gasteiger charge is 2.24. The number of nitrogens with one attached hydrogen (secondary N) is 1. The Morgan fingerprint density at radius 1 is 1.32 bits per heavy atom. The van der Waals surface area contributed by atoms with Gasteiger partial charge in [0.05, 0.1) is 4.90 Å². The summed E-state index contributed by atoms with van der Waals surface area (Å²) in [6, 6.07) is 4.66. The van der Waals surface area contributed by atoms with Crippen LogP contribution < -0.4 is 11.1 Å². The van der Waals surface area contributed by atoms with Crippen molar-refractivity contribution in [2.45, 2.75) is 38.1 Å². The first-order valence-corrected chi connectivity index (χ1v) is 7.57. The van der Waals surface area contributed by atoms with E-state index in [9.17, 15) is 13.2 Å². The first-order chi connectivity index (χ1) is 8.53. The molecular weight excluding hydrogens is 264 g/mol. The molecule has 1 rings (SSSR count). The van der Waals surface area contributed by atoms with Gasteiger partial charge in [0.2, 0.25) is 5.91 Å². The van der Waals surface area contributed by atoms with E-state index in [0.717, 1.165) is 0 Å². The zero-order valence-electron chi connectivity index (χ0n) is 11.6. The Morgan fingerprint density at radius 2 is 1.89 bits per heavy atom. The van der Waals surface area contributed by atoms with Gasteiger partial charge in [0.1, 0.15) is 5.75 Å². The summed E-state index contributed by atoms with van der Waals surface area (Å²) in [7, 11) is -3.68. The van der Waals surface area contributed by atoms with E-state index in [1.807, 2.05) is 0 Å². The van der Waals surface area contributed by atoms with Crippen LogP contribution in [0, 0.1) is 6.92 Å². The third-order valence-corrected chi connectivity index (χ3v) is 4.25. The second-order valence-electron chi connectivity index (χ2n) is 5.53. The molecule has 0 saturated heterocycles. The van der Waals surface area contributed by atoms with E-state index in [4.69, 9.17) is 5.73 Å². The molecule has 0 aromatic heterocycles. The lowest BCUT2D eigenvalue weighted by Crippen LogP contribution is -2.43. The van der Waals surface area contributed by atoms with E-state index >= 15 is 0 Å². The van der Waals surface area contributed by atoms with E-state index < -0.39 is 27.0 Å². The Hall–Kier alpha value is -1.56. The van der Waals surface area contributed by atoms with Gasteiger partial charge < -0.3 is 11.1 Å². The van der Waals surface area contributed by atoms with Crippen molar-refractivity contribution in [1.29, 1.82) is 0 Å². The quantitative estimate of drug-likeness (QED) is 0.818. The van der Waals surface area contributed by atoms with Crippen molar-refractivity contribution in [3.8, 4) is 0 Å². The number of nitrogens with two attached hydrogens (primary N) is 1. The minimum Gasteiger partial charge on any atom is -0.398 e. The van der Waals surface area contributed by atoms with Crippen LogP contribution >= 0.6 is 0 Å². The van der Waals surface area contributed by atoms with Crippen molar-refractivity contribution in [1.82, 2.24) is 5.32 Å². The second kappa shape index (κ2) is 5.21. The van der Waals surface area contributed by atoms with Crippen molar-refractivity contribution >= 4 is 21.4 Å². The highest BCUT2D eigenvalue weighted by atomic mass is 32.2. The van der Waals surface area contributed by atoms with Crippen LogP contribution in [0.25, 0.3) is 0 Å². The Labute approximate surface area is 114 Å². The number of benzene rings is 1. The molecule has 1 aromatic rings. The number of carbonyl (C=O) groups excluding carboxylic acids is 1. The molecule has 0 bridgehead atoms. The maximum atomic E-state index is 12.2. The summed E-state index contributed by atoms with van der Waals surface area (Å²) in [6.07, 6.45) is 0. The van der Waals surface area contributed by atoms with Crippen LogP contribution in [0.3, 0.4) is 0 Å². The molecule has 106 valence electrons. The number of hydrogen-bond donors (Lipinski definition) is 2. The highest BCUT2D eigenvalue weighted by molar-refractivity contribution is 7.92. The minimum atomic E-state index is -3.68. The van der Waals surface area contributed by atoms with Gasteiger partial charge in [-0.15, -0.1) is 0 Å². The fourth-order valence-electron chi connectivity index (χ4n) is 1.67. The van der Waals surface area contributed by atoms with Crippen LogP contribution in [0.2, 0.25) is 0 Å². The molecule has 0 saturated carbocycles. The predicted octanol–water partition coefficient (Wildman–Crippen LogP) is 1.27. The van der Waals surface area contributed by atoms with Gasteiger partial charge in [-0.1, -0.05) is 6.07 Å². The molecule has 0 fully saturated rings. The number of rotatable bonds is 3. The largest absolute Gasteiger partial charge is 0.398 e. The summed E-state index contributed by atoms with van der Waals surface area (Å²) >= 11 is 0. The van der Waals surface area contributed by atoms with Gasteiger partial charge in [-0.05, 0) is 45.4 Å². The van der Waals surface area contributed by atoms with E-state index in [-0.39, 0.29) is 4.90 Å². The van der Waals surface area contributed by atoms with Gasteiger partial charge >= 0.3 is 0 Å². The maximum Gasteiger partial charge on any atom is 0.235 e. The molecule has 19 heavy (non-hydrogen) atoms. The predicted molar refractivity (Wildman–Crippen MR) is 75.5 cm³/mol. The van der Waals surface area contributed by atoms with Crippen molar-refractivity contribution in [2.24, 2.45) is 0 Å². The summed E-state index contributed by atoms with van der Waals surface area (Å²) in [5, 5.41) is 2.63. The lowest BCUT2D eigenvalue weighted by atomic mass is 10.1. The van der Waals surface area contributed by atoms with Crippen molar-refractivity contribution in [3.05, 3.63) is 23.8 Å². The molecule has 0 spiro atoms.